The molecule has 1 N–H and O–H groups in total. The summed E-state index contributed by atoms with van der Waals surface area (Å²) in [7, 11) is 0. The van der Waals surface area contributed by atoms with Gasteiger partial charge in [0.1, 0.15) is 17.8 Å². The van der Waals surface area contributed by atoms with Crippen LogP contribution in [0.2, 0.25) is 0 Å². The number of esters is 1. The predicted octanol–water partition coefficient (Wildman–Crippen LogP) is 3.18. The molecular formula is C22H23N2O4+. The summed E-state index contributed by atoms with van der Waals surface area (Å²) >= 11 is 0. The number of H-pyrrole nitrogens is 1. The number of rotatable bonds is 4. The van der Waals surface area contributed by atoms with Crippen LogP contribution in [0.1, 0.15) is 39.9 Å². The molecule has 0 bridgehead atoms. The second-order valence-electron chi connectivity index (χ2n) is 7.18. The molecule has 3 heterocycles. The molecule has 3 aromatic rings. The van der Waals surface area contributed by atoms with Crippen molar-refractivity contribution in [1.29, 1.82) is 0 Å². The van der Waals surface area contributed by atoms with Gasteiger partial charge < -0.3 is 9.15 Å². The first kappa shape index (κ1) is 18.2. The molecule has 0 unspecified atom stereocenters. The number of hydrogen-bond donors (Lipinski definition) is 0. The minimum Gasteiger partial charge on any atom is -0.457 e. The fourth-order valence-corrected chi connectivity index (χ4v) is 3.66. The van der Waals surface area contributed by atoms with E-state index in [1.165, 1.54) is 6.07 Å². The summed E-state index contributed by atoms with van der Waals surface area (Å²) in [6.45, 7) is 5.73. The number of aryl methyl sites for hydroxylation is 2. The summed E-state index contributed by atoms with van der Waals surface area (Å²) < 4.78 is 11.0. The maximum atomic E-state index is 12.8. The van der Waals surface area contributed by atoms with Gasteiger partial charge in [-0.15, -0.1) is 0 Å². The number of aromatic amines is 1. The van der Waals surface area contributed by atoms with Crippen LogP contribution in [0.5, 0.6) is 0 Å². The van der Waals surface area contributed by atoms with Gasteiger partial charge in [-0.25, -0.2) is 14.6 Å². The van der Waals surface area contributed by atoms with Gasteiger partial charge in [0.25, 0.3) is 5.82 Å². The van der Waals surface area contributed by atoms with Gasteiger partial charge in [-0.1, -0.05) is 12.1 Å². The van der Waals surface area contributed by atoms with E-state index in [0.29, 0.717) is 16.7 Å². The van der Waals surface area contributed by atoms with E-state index in [2.05, 4.69) is 9.88 Å². The fraction of sp³-hybridized carbons (Fsp3) is 0.318. The minimum absolute atomic E-state index is 0.0117. The van der Waals surface area contributed by atoms with E-state index in [1.54, 1.807) is 12.1 Å². The Hall–Kier alpha value is -3.15. The maximum Gasteiger partial charge on any atom is 0.346 e. The van der Waals surface area contributed by atoms with Crippen molar-refractivity contribution < 1.29 is 18.9 Å². The lowest BCUT2D eigenvalue weighted by Crippen LogP contribution is -2.28. The Morgan fingerprint density at radius 1 is 1.21 bits per heavy atom. The van der Waals surface area contributed by atoms with Crippen LogP contribution in [0.4, 0.5) is 5.82 Å². The van der Waals surface area contributed by atoms with Crippen molar-refractivity contribution in [1.82, 2.24) is 0 Å². The first-order valence-corrected chi connectivity index (χ1v) is 9.50. The summed E-state index contributed by atoms with van der Waals surface area (Å²) in [5, 5.41) is 0.787. The Balaban J connectivity index is 1.61. The van der Waals surface area contributed by atoms with Crippen LogP contribution in [-0.2, 0) is 11.3 Å². The van der Waals surface area contributed by atoms with E-state index < -0.39 is 11.6 Å². The van der Waals surface area contributed by atoms with Crippen molar-refractivity contribution >= 4 is 22.8 Å². The van der Waals surface area contributed by atoms with E-state index >= 15 is 0 Å². The number of nitrogens with zero attached hydrogens (tertiary/aromatic N) is 1. The maximum absolute atomic E-state index is 12.8. The number of benzene rings is 1. The van der Waals surface area contributed by atoms with Crippen LogP contribution < -0.4 is 15.5 Å². The summed E-state index contributed by atoms with van der Waals surface area (Å²) in [6, 6.07) is 8.81. The van der Waals surface area contributed by atoms with Crippen LogP contribution in [0.15, 0.2) is 45.7 Å². The molecule has 4 rings (SSSR count). The number of anilines is 1. The quantitative estimate of drug-likeness (QED) is 0.514. The standard InChI is InChI=1S/C22H22N2O4/c1-14-7-8-17-16(12-19(25)28-20(17)15(14)2)13-27-22(26)18-6-5-9-23-21(18)24-10-3-4-11-24/h5-9,12H,3-4,10-11,13H2,1-2H3/p+1. The third-order valence-corrected chi connectivity index (χ3v) is 5.35. The van der Waals surface area contributed by atoms with Gasteiger partial charge in [0.05, 0.1) is 19.3 Å². The molecule has 1 aliphatic rings. The Morgan fingerprint density at radius 3 is 2.79 bits per heavy atom. The van der Waals surface area contributed by atoms with Crippen LogP contribution in [-0.4, -0.2) is 19.1 Å². The van der Waals surface area contributed by atoms with Crippen LogP contribution in [0.25, 0.3) is 11.0 Å². The summed E-state index contributed by atoms with van der Waals surface area (Å²) in [5.74, 6) is 0.373. The first-order chi connectivity index (χ1) is 13.5. The Bertz CT molecular complexity index is 1100. The Labute approximate surface area is 162 Å². The summed E-state index contributed by atoms with van der Waals surface area (Å²) in [4.78, 5) is 30.1. The third kappa shape index (κ3) is 3.38. The topological polar surface area (TPSA) is 73.9 Å². The van der Waals surface area contributed by atoms with E-state index in [9.17, 15) is 9.59 Å². The SMILES string of the molecule is Cc1ccc2c(COC(=O)c3ccc[nH+]c3N3CCCC3)cc(=O)oc2c1C. The third-order valence-electron chi connectivity index (χ3n) is 5.35. The van der Waals surface area contributed by atoms with Crippen molar-refractivity contribution in [2.24, 2.45) is 0 Å². The highest BCUT2D eigenvalue weighted by Gasteiger charge is 2.27. The first-order valence-electron chi connectivity index (χ1n) is 9.50. The number of hydrogen-bond acceptors (Lipinski definition) is 5. The summed E-state index contributed by atoms with van der Waals surface area (Å²) in [6.07, 6.45) is 4.04. The van der Waals surface area contributed by atoms with Gasteiger partial charge in [0, 0.05) is 17.0 Å². The molecule has 0 spiro atoms. The van der Waals surface area contributed by atoms with Gasteiger partial charge >= 0.3 is 11.6 Å². The normalized spacial score (nSPS) is 13.9. The molecule has 0 atom stereocenters. The van der Waals surface area contributed by atoms with Crippen LogP contribution in [0, 0.1) is 13.8 Å². The number of pyridine rings is 1. The average molecular weight is 379 g/mol. The van der Waals surface area contributed by atoms with Gasteiger partial charge in [-0.2, -0.15) is 0 Å². The molecule has 1 aromatic carbocycles. The average Bonchev–Trinajstić information content (AvgIpc) is 3.24. The number of carbonyl (C=O) groups excluding carboxylic acids is 1. The van der Waals surface area contributed by atoms with Crippen LogP contribution in [0.3, 0.4) is 0 Å². The number of nitrogens with one attached hydrogen (secondary N) is 1. The molecule has 0 radical (unpaired) electrons. The predicted molar refractivity (Wildman–Crippen MR) is 106 cm³/mol. The second kappa shape index (κ2) is 7.46. The minimum atomic E-state index is -0.446. The van der Waals surface area contributed by atoms with Crippen molar-refractivity contribution in [3.63, 3.8) is 0 Å². The highest BCUT2D eigenvalue weighted by molar-refractivity contribution is 5.94. The number of carbonyl (C=O) groups is 1. The number of fused-ring (bicyclic) bond motifs is 1. The zero-order chi connectivity index (χ0) is 19.7. The smallest absolute Gasteiger partial charge is 0.346 e. The highest BCUT2D eigenvalue weighted by atomic mass is 16.5. The molecule has 0 amide bonds. The van der Waals surface area contributed by atoms with Gasteiger partial charge in [-0.05, 0) is 49.9 Å². The molecular weight excluding hydrogens is 356 g/mol. The Morgan fingerprint density at radius 2 is 2.00 bits per heavy atom. The molecule has 0 saturated carbocycles. The number of ether oxygens (including phenoxy) is 1. The molecule has 28 heavy (non-hydrogen) atoms. The molecule has 6 heteroatoms. The zero-order valence-corrected chi connectivity index (χ0v) is 16.1. The van der Waals surface area contributed by atoms with Gasteiger partial charge in [0.2, 0.25) is 0 Å². The molecule has 6 nitrogen and oxygen atoms in total. The molecule has 2 aromatic heterocycles. The fourth-order valence-electron chi connectivity index (χ4n) is 3.66. The Kier molecular flexibility index (Phi) is 4.86. The number of aromatic nitrogens is 1. The lowest BCUT2D eigenvalue weighted by molar-refractivity contribution is -0.364. The van der Waals surface area contributed by atoms with Crippen molar-refractivity contribution in [3.05, 3.63) is 69.2 Å². The van der Waals surface area contributed by atoms with Crippen molar-refractivity contribution in [3.8, 4) is 0 Å². The van der Waals surface area contributed by atoms with E-state index in [-0.39, 0.29) is 6.61 Å². The summed E-state index contributed by atoms with van der Waals surface area (Å²) in [5.41, 5.74) is 3.20. The van der Waals surface area contributed by atoms with E-state index in [1.807, 2.05) is 32.2 Å². The largest absolute Gasteiger partial charge is 0.457 e. The molecule has 1 saturated heterocycles. The lowest BCUT2D eigenvalue weighted by atomic mass is 10.0. The molecule has 144 valence electrons. The highest BCUT2D eigenvalue weighted by Crippen LogP contribution is 2.25. The zero-order valence-electron chi connectivity index (χ0n) is 16.1. The van der Waals surface area contributed by atoms with Gasteiger partial charge in [-0.3, -0.25) is 4.90 Å². The van der Waals surface area contributed by atoms with Crippen molar-refractivity contribution in [2.75, 3.05) is 18.0 Å². The van der Waals surface area contributed by atoms with E-state index in [4.69, 9.17) is 9.15 Å². The second-order valence-corrected chi connectivity index (χ2v) is 7.18. The van der Waals surface area contributed by atoms with Crippen molar-refractivity contribution in [2.45, 2.75) is 33.3 Å². The monoisotopic (exact) mass is 379 g/mol. The lowest BCUT2D eigenvalue weighted by Gasteiger charge is -2.13. The van der Waals surface area contributed by atoms with Gasteiger partial charge in [0.15, 0.2) is 0 Å². The van der Waals surface area contributed by atoms with Crippen LogP contribution >= 0.6 is 0 Å². The molecule has 0 aliphatic carbocycles. The molecule has 1 aliphatic heterocycles. The molecule has 1 fully saturated rings. The van der Waals surface area contributed by atoms with E-state index in [0.717, 1.165) is 48.3 Å².